The van der Waals surface area contributed by atoms with Crippen molar-refractivity contribution >= 4 is 11.6 Å². The van der Waals surface area contributed by atoms with E-state index in [2.05, 4.69) is 9.97 Å². The summed E-state index contributed by atoms with van der Waals surface area (Å²) in [6.45, 7) is 5.30. The second kappa shape index (κ2) is 7.76. The number of benzene rings is 1. The fourth-order valence-electron chi connectivity index (χ4n) is 3.88. The van der Waals surface area contributed by atoms with Crippen LogP contribution in [0.1, 0.15) is 42.0 Å². The Morgan fingerprint density at radius 1 is 1.07 bits per heavy atom. The second-order valence-corrected chi connectivity index (χ2v) is 7.71. The summed E-state index contributed by atoms with van der Waals surface area (Å²) in [6.07, 6.45) is 5.71. The predicted molar refractivity (Wildman–Crippen MR) is 106 cm³/mol. The molecule has 2 fully saturated rings. The third kappa shape index (κ3) is 3.67. The van der Waals surface area contributed by atoms with E-state index in [0.29, 0.717) is 36.2 Å². The number of allylic oxidation sites excluding steroid dienone is 2. The molecule has 1 saturated carbocycles. The summed E-state index contributed by atoms with van der Waals surface area (Å²) in [5.41, 5.74) is 3.98. The second-order valence-electron chi connectivity index (χ2n) is 7.71. The monoisotopic (exact) mass is 376 g/mol. The molecule has 1 aromatic heterocycles. The van der Waals surface area contributed by atoms with E-state index in [1.807, 2.05) is 44.2 Å². The lowest BCUT2D eigenvalue weighted by atomic mass is 9.94. The van der Waals surface area contributed by atoms with Gasteiger partial charge in [0.05, 0.1) is 5.69 Å². The van der Waals surface area contributed by atoms with Gasteiger partial charge in [0.15, 0.2) is 17.4 Å². The number of aromatic nitrogens is 2. The van der Waals surface area contributed by atoms with Crippen molar-refractivity contribution in [2.45, 2.75) is 39.0 Å². The largest absolute Gasteiger partial charge is 0.381 e. The van der Waals surface area contributed by atoms with Crippen molar-refractivity contribution < 1.29 is 14.3 Å². The molecule has 2 aliphatic rings. The first-order valence-corrected chi connectivity index (χ1v) is 9.79. The van der Waals surface area contributed by atoms with Crippen molar-refractivity contribution in [3.05, 3.63) is 58.9 Å². The molecule has 1 aromatic carbocycles. The Hall–Kier alpha value is -2.66. The maximum absolute atomic E-state index is 13.1. The van der Waals surface area contributed by atoms with E-state index in [-0.39, 0.29) is 18.0 Å². The smallest absolute Gasteiger partial charge is 0.175 e. The number of Topliss-reactive ketones (excluding diaryl/α,β-unsaturated/α-hetero) is 2. The van der Waals surface area contributed by atoms with Crippen molar-refractivity contribution in [1.82, 2.24) is 9.97 Å². The Labute approximate surface area is 164 Å². The standard InChI is InChI=1S/C23H24N2O3/c1-14-3-5-17(6-4-14)23-24-13-15(2)21(25-23)20-19(26)12-18(22(20)27)11-16-7-9-28-10-8-16/h3-6,11,13,16,20H,7-10,12H2,1-2H3/b18-11+. The molecule has 1 aliphatic carbocycles. The van der Waals surface area contributed by atoms with Crippen molar-refractivity contribution in [1.29, 1.82) is 0 Å². The fraction of sp³-hybridized carbons (Fsp3) is 0.391. The summed E-state index contributed by atoms with van der Waals surface area (Å²) >= 11 is 0. The zero-order valence-electron chi connectivity index (χ0n) is 16.3. The molecule has 5 nitrogen and oxygen atoms in total. The Kier molecular flexibility index (Phi) is 5.18. The van der Waals surface area contributed by atoms with Crippen molar-refractivity contribution in [3.63, 3.8) is 0 Å². The Balaban J connectivity index is 1.65. The van der Waals surface area contributed by atoms with Crippen LogP contribution in [0.25, 0.3) is 11.4 Å². The number of carbonyl (C=O) groups excluding carboxylic acids is 2. The van der Waals surface area contributed by atoms with Gasteiger partial charge in [-0.25, -0.2) is 9.97 Å². The van der Waals surface area contributed by atoms with E-state index in [1.165, 1.54) is 0 Å². The Morgan fingerprint density at radius 2 is 1.79 bits per heavy atom. The average Bonchev–Trinajstić information content (AvgIpc) is 2.97. The molecule has 0 N–H and O–H groups in total. The van der Waals surface area contributed by atoms with Crippen LogP contribution >= 0.6 is 0 Å². The maximum atomic E-state index is 13.1. The summed E-state index contributed by atoms with van der Waals surface area (Å²) in [7, 11) is 0. The average molecular weight is 376 g/mol. The predicted octanol–water partition coefficient (Wildman–Crippen LogP) is 3.74. The van der Waals surface area contributed by atoms with Crippen LogP contribution in [0.5, 0.6) is 0 Å². The van der Waals surface area contributed by atoms with Gasteiger partial charge in [-0.3, -0.25) is 9.59 Å². The lowest BCUT2D eigenvalue weighted by Crippen LogP contribution is -2.17. The minimum absolute atomic E-state index is 0.0695. The molecule has 28 heavy (non-hydrogen) atoms. The van der Waals surface area contributed by atoms with Crippen LogP contribution in [0.2, 0.25) is 0 Å². The van der Waals surface area contributed by atoms with E-state index >= 15 is 0 Å². The fourth-order valence-corrected chi connectivity index (χ4v) is 3.88. The lowest BCUT2D eigenvalue weighted by Gasteiger charge is -2.19. The highest BCUT2D eigenvalue weighted by atomic mass is 16.5. The summed E-state index contributed by atoms with van der Waals surface area (Å²) in [4.78, 5) is 34.8. The van der Waals surface area contributed by atoms with Crippen LogP contribution in [-0.4, -0.2) is 34.7 Å². The van der Waals surface area contributed by atoms with Gasteiger partial charge in [0.1, 0.15) is 5.92 Å². The van der Waals surface area contributed by atoms with Gasteiger partial charge in [0.2, 0.25) is 0 Å². The van der Waals surface area contributed by atoms with Gasteiger partial charge in [-0.2, -0.15) is 0 Å². The number of hydrogen-bond donors (Lipinski definition) is 0. The van der Waals surface area contributed by atoms with Crippen LogP contribution < -0.4 is 0 Å². The third-order valence-corrected chi connectivity index (χ3v) is 5.56. The molecule has 0 radical (unpaired) electrons. The van der Waals surface area contributed by atoms with Crippen molar-refractivity contribution in [3.8, 4) is 11.4 Å². The highest BCUT2D eigenvalue weighted by molar-refractivity contribution is 6.22. The highest BCUT2D eigenvalue weighted by Gasteiger charge is 2.40. The first kappa shape index (κ1) is 18.7. The van der Waals surface area contributed by atoms with Gasteiger partial charge < -0.3 is 4.74 Å². The number of aryl methyl sites for hydroxylation is 2. The van der Waals surface area contributed by atoms with E-state index in [4.69, 9.17) is 4.74 Å². The molecule has 144 valence electrons. The lowest BCUT2D eigenvalue weighted by molar-refractivity contribution is -0.123. The first-order chi connectivity index (χ1) is 13.5. The number of carbonyl (C=O) groups is 2. The summed E-state index contributed by atoms with van der Waals surface area (Å²) in [6, 6.07) is 7.91. The Bertz CT molecular complexity index is 941. The molecule has 2 aromatic rings. The zero-order chi connectivity index (χ0) is 19.7. The topological polar surface area (TPSA) is 69.2 Å². The molecule has 4 rings (SSSR count). The van der Waals surface area contributed by atoms with Crippen molar-refractivity contribution in [2.24, 2.45) is 5.92 Å². The molecule has 0 spiro atoms. The van der Waals surface area contributed by atoms with Gasteiger partial charge in [0, 0.05) is 31.4 Å². The highest BCUT2D eigenvalue weighted by Crippen LogP contribution is 2.34. The van der Waals surface area contributed by atoms with E-state index in [9.17, 15) is 9.59 Å². The summed E-state index contributed by atoms with van der Waals surface area (Å²) in [5.74, 6) is -0.122. The molecule has 2 heterocycles. The summed E-state index contributed by atoms with van der Waals surface area (Å²) < 4.78 is 5.38. The molecule has 5 heteroatoms. The number of nitrogens with zero attached hydrogens (tertiary/aromatic N) is 2. The number of ketones is 2. The number of hydrogen-bond acceptors (Lipinski definition) is 5. The van der Waals surface area contributed by atoms with E-state index in [1.54, 1.807) is 6.20 Å². The Morgan fingerprint density at radius 3 is 2.50 bits per heavy atom. The minimum Gasteiger partial charge on any atom is -0.381 e. The van der Waals surface area contributed by atoms with Crippen molar-refractivity contribution in [2.75, 3.05) is 13.2 Å². The summed E-state index contributed by atoms with van der Waals surface area (Å²) in [5, 5.41) is 0. The number of rotatable bonds is 3. The first-order valence-electron chi connectivity index (χ1n) is 9.79. The molecule has 1 saturated heterocycles. The zero-order valence-corrected chi connectivity index (χ0v) is 16.3. The van der Waals surface area contributed by atoms with Gasteiger partial charge in [-0.15, -0.1) is 0 Å². The normalized spacial score (nSPS) is 22.2. The van der Waals surface area contributed by atoms with Gasteiger partial charge in [-0.05, 0) is 43.7 Å². The van der Waals surface area contributed by atoms with Crippen LogP contribution in [-0.2, 0) is 14.3 Å². The van der Waals surface area contributed by atoms with Gasteiger partial charge >= 0.3 is 0 Å². The van der Waals surface area contributed by atoms with Gasteiger partial charge in [-0.1, -0.05) is 35.9 Å². The molecule has 1 unspecified atom stereocenters. The molecule has 1 aliphatic heterocycles. The molecule has 0 amide bonds. The SMILES string of the molecule is Cc1ccc(-c2ncc(C)c(C3C(=O)C/C(=C\C4CCOCC4)C3=O)n2)cc1. The molecule has 1 atom stereocenters. The van der Waals surface area contributed by atoms with Crippen LogP contribution in [0.4, 0.5) is 0 Å². The van der Waals surface area contributed by atoms with E-state index < -0.39 is 5.92 Å². The third-order valence-electron chi connectivity index (χ3n) is 5.56. The maximum Gasteiger partial charge on any atom is 0.175 e. The van der Waals surface area contributed by atoms with Gasteiger partial charge in [0.25, 0.3) is 0 Å². The molecular formula is C23H24N2O3. The van der Waals surface area contributed by atoms with Crippen LogP contribution in [0.15, 0.2) is 42.1 Å². The van der Waals surface area contributed by atoms with Crippen LogP contribution in [0.3, 0.4) is 0 Å². The quantitative estimate of drug-likeness (QED) is 0.603. The van der Waals surface area contributed by atoms with Crippen LogP contribution in [0, 0.1) is 19.8 Å². The minimum atomic E-state index is -0.807. The molecule has 0 bridgehead atoms. The molecular weight excluding hydrogens is 352 g/mol. The number of ether oxygens (including phenoxy) is 1. The van der Waals surface area contributed by atoms with E-state index in [0.717, 1.165) is 29.5 Å².